The number of nitrogens with zero attached hydrogens (tertiary/aromatic N) is 3. The van der Waals surface area contributed by atoms with Crippen molar-refractivity contribution in [3.8, 4) is 0 Å². The number of hydrogen-bond acceptors (Lipinski definition) is 4. The lowest BCUT2D eigenvalue weighted by Crippen LogP contribution is -2.39. The van der Waals surface area contributed by atoms with E-state index in [2.05, 4.69) is 47.8 Å². The summed E-state index contributed by atoms with van der Waals surface area (Å²) >= 11 is 0. The van der Waals surface area contributed by atoms with Gasteiger partial charge < -0.3 is 15.1 Å². The van der Waals surface area contributed by atoms with E-state index < -0.39 is 0 Å². The number of para-hydroxylation sites is 1. The number of rotatable bonds is 3. The molecule has 1 aromatic carbocycles. The molecule has 0 saturated carbocycles. The van der Waals surface area contributed by atoms with Crippen molar-refractivity contribution in [2.24, 2.45) is 10.9 Å². The fourth-order valence-electron chi connectivity index (χ4n) is 3.20. The van der Waals surface area contributed by atoms with Crippen molar-refractivity contribution < 1.29 is 0 Å². The third kappa shape index (κ3) is 3.39. The number of amidine groups is 1. The van der Waals surface area contributed by atoms with Gasteiger partial charge in [0.15, 0.2) is 0 Å². The zero-order valence-electron chi connectivity index (χ0n) is 13.7. The number of fused-ring (bicyclic) bond motifs is 1. The van der Waals surface area contributed by atoms with Gasteiger partial charge in [0.05, 0.1) is 5.69 Å². The molecule has 0 spiro atoms. The fourth-order valence-corrected chi connectivity index (χ4v) is 3.20. The number of aliphatic imine (C=N–C) groups is 1. The van der Waals surface area contributed by atoms with E-state index in [0.29, 0.717) is 5.92 Å². The van der Waals surface area contributed by atoms with Crippen LogP contribution in [0, 0.1) is 5.92 Å². The summed E-state index contributed by atoms with van der Waals surface area (Å²) in [6, 6.07) is 8.20. The van der Waals surface area contributed by atoms with Crippen molar-refractivity contribution >= 4 is 17.2 Å². The van der Waals surface area contributed by atoms with Crippen LogP contribution in [-0.2, 0) is 0 Å². The molecule has 0 radical (unpaired) electrons. The van der Waals surface area contributed by atoms with E-state index in [9.17, 15) is 0 Å². The summed E-state index contributed by atoms with van der Waals surface area (Å²) in [6.07, 6.45) is 1.25. The Labute approximate surface area is 133 Å². The minimum atomic E-state index is 0.383. The molecule has 0 bridgehead atoms. The number of hydrogen-bond donors (Lipinski definition) is 1. The van der Waals surface area contributed by atoms with Crippen LogP contribution in [0.1, 0.15) is 18.9 Å². The second-order valence-electron chi connectivity index (χ2n) is 6.48. The fraction of sp³-hybridized carbons (Fsp3) is 0.500. The summed E-state index contributed by atoms with van der Waals surface area (Å²) in [4.78, 5) is 9.78. The molecular weight excluding hydrogens is 272 g/mol. The monoisotopic (exact) mass is 298 g/mol. The van der Waals surface area contributed by atoms with Gasteiger partial charge in [-0.15, -0.1) is 0 Å². The highest BCUT2D eigenvalue weighted by molar-refractivity contribution is 5.98. The second kappa shape index (κ2) is 6.63. The van der Waals surface area contributed by atoms with E-state index in [-0.39, 0.29) is 0 Å². The number of benzene rings is 1. The van der Waals surface area contributed by atoms with E-state index >= 15 is 0 Å². The van der Waals surface area contributed by atoms with Crippen LogP contribution >= 0.6 is 0 Å². The number of nitrogens with one attached hydrogen (secondary N) is 1. The standard InChI is InChI=1S/C18H26N4/c1-14(13-22-10-6-9-21(3)11-12-22)18-19-15(2)16-7-4-5-8-17(16)20-18/h4-5,7-8,14H,2,6,9-13H2,1,3H3,(H,19,20). The molecule has 4 nitrogen and oxygen atoms in total. The first kappa shape index (κ1) is 15.3. The highest BCUT2D eigenvalue weighted by atomic mass is 15.2. The molecule has 0 amide bonds. The largest absolute Gasteiger partial charge is 0.343 e. The lowest BCUT2D eigenvalue weighted by Gasteiger charge is -2.28. The molecule has 4 heteroatoms. The van der Waals surface area contributed by atoms with Crippen molar-refractivity contribution in [2.75, 3.05) is 39.8 Å². The molecule has 2 heterocycles. The summed E-state index contributed by atoms with van der Waals surface area (Å²) < 4.78 is 0. The molecular formula is C18H26N4. The third-order valence-corrected chi connectivity index (χ3v) is 4.56. The molecule has 1 unspecified atom stereocenters. The molecule has 118 valence electrons. The Morgan fingerprint density at radius 2 is 2.05 bits per heavy atom. The van der Waals surface area contributed by atoms with E-state index in [4.69, 9.17) is 4.99 Å². The first-order valence-corrected chi connectivity index (χ1v) is 8.18. The minimum Gasteiger partial charge on any atom is -0.343 e. The Morgan fingerprint density at radius 1 is 1.23 bits per heavy atom. The van der Waals surface area contributed by atoms with E-state index in [0.717, 1.165) is 42.4 Å². The van der Waals surface area contributed by atoms with Crippen molar-refractivity contribution in [3.63, 3.8) is 0 Å². The maximum Gasteiger partial charge on any atom is 0.111 e. The predicted octanol–water partition coefficient (Wildman–Crippen LogP) is 2.56. The highest BCUT2D eigenvalue weighted by Gasteiger charge is 2.21. The quantitative estimate of drug-likeness (QED) is 0.930. The Balaban J connectivity index is 1.69. The topological polar surface area (TPSA) is 30.9 Å². The Kier molecular flexibility index (Phi) is 4.60. The first-order valence-electron chi connectivity index (χ1n) is 8.18. The van der Waals surface area contributed by atoms with Gasteiger partial charge in [-0.3, -0.25) is 0 Å². The Morgan fingerprint density at radius 3 is 2.91 bits per heavy atom. The zero-order chi connectivity index (χ0) is 15.5. The van der Waals surface area contributed by atoms with E-state index in [1.54, 1.807) is 0 Å². The molecule has 1 saturated heterocycles. The SMILES string of the molecule is C=C1NC(C(C)CN2CCCN(C)CC2)=Nc2ccccc21. The Hall–Kier alpha value is -1.65. The summed E-state index contributed by atoms with van der Waals surface area (Å²) in [7, 11) is 2.21. The molecule has 2 aliphatic heterocycles. The van der Waals surface area contributed by atoms with Gasteiger partial charge in [0.2, 0.25) is 0 Å². The van der Waals surface area contributed by atoms with Gasteiger partial charge in [-0.25, -0.2) is 4.99 Å². The molecule has 2 aliphatic rings. The molecule has 0 aromatic heterocycles. The molecule has 22 heavy (non-hydrogen) atoms. The molecule has 0 aliphatic carbocycles. The maximum atomic E-state index is 4.81. The molecule has 3 rings (SSSR count). The summed E-state index contributed by atoms with van der Waals surface area (Å²) in [6.45, 7) is 12.1. The smallest absolute Gasteiger partial charge is 0.111 e. The van der Waals surface area contributed by atoms with Crippen LogP contribution in [0.4, 0.5) is 5.69 Å². The predicted molar refractivity (Wildman–Crippen MR) is 93.4 cm³/mol. The van der Waals surface area contributed by atoms with Crippen molar-refractivity contribution in [3.05, 3.63) is 36.4 Å². The summed E-state index contributed by atoms with van der Waals surface area (Å²) in [5.41, 5.74) is 3.10. The van der Waals surface area contributed by atoms with Crippen LogP contribution < -0.4 is 5.32 Å². The lowest BCUT2D eigenvalue weighted by molar-refractivity contribution is 0.262. The average molecular weight is 298 g/mol. The van der Waals surface area contributed by atoms with Gasteiger partial charge in [-0.2, -0.15) is 0 Å². The molecule has 1 N–H and O–H groups in total. The lowest BCUT2D eigenvalue weighted by atomic mass is 10.0. The minimum absolute atomic E-state index is 0.383. The van der Waals surface area contributed by atoms with Crippen LogP contribution in [0.5, 0.6) is 0 Å². The molecule has 1 aromatic rings. The van der Waals surface area contributed by atoms with Crippen LogP contribution in [0.2, 0.25) is 0 Å². The van der Waals surface area contributed by atoms with Gasteiger partial charge in [0.25, 0.3) is 0 Å². The summed E-state index contributed by atoms with van der Waals surface area (Å²) in [5.74, 6) is 1.43. The zero-order valence-corrected chi connectivity index (χ0v) is 13.7. The van der Waals surface area contributed by atoms with E-state index in [1.807, 2.05) is 12.1 Å². The van der Waals surface area contributed by atoms with Crippen LogP contribution in [0.25, 0.3) is 5.70 Å². The average Bonchev–Trinajstić information content (AvgIpc) is 2.72. The van der Waals surface area contributed by atoms with Crippen LogP contribution in [0.3, 0.4) is 0 Å². The number of likely N-dealkylation sites (N-methyl/N-ethyl adjacent to an activating group) is 1. The van der Waals surface area contributed by atoms with Crippen LogP contribution in [0.15, 0.2) is 35.8 Å². The van der Waals surface area contributed by atoms with Crippen molar-refractivity contribution in [1.82, 2.24) is 15.1 Å². The van der Waals surface area contributed by atoms with Crippen molar-refractivity contribution in [2.45, 2.75) is 13.3 Å². The second-order valence-corrected chi connectivity index (χ2v) is 6.48. The van der Waals surface area contributed by atoms with Gasteiger partial charge in [-0.1, -0.05) is 31.7 Å². The third-order valence-electron chi connectivity index (χ3n) is 4.56. The highest BCUT2D eigenvalue weighted by Crippen LogP contribution is 2.28. The van der Waals surface area contributed by atoms with E-state index in [1.165, 1.54) is 19.5 Å². The summed E-state index contributed by atoms with van der Waals surface area (Å²) in [5, 5.41) is 3.40. The Bertz CT molecular complexity index is 578. The molecule has 1 atom stereocenters. The van der Waals surface area contributed by atoms with Gasteiger partial charge >= 0.3 is 0 Å². The first-order chi connectivity index (χ1) is 10.6. The van der Waals surface area contributed by atoms with Crippen LogP contribution in [-0.4, -0.2) is 55.4 Å². The molecule has 1 fully saturated rings. The maximum absolute atomic E-state index is 4.81. The van der Waals surface area contributed by atoms with Gasteiger partial charge in [-0.05, 0) is 32.6 Å². The normalized spacial score (nSPS) is 21.5. The van der Waals surface area contributed by atoms with Crippen molar-refractivity contribution in [1.29, 1.82) is 0 Å². The van der Waals surface area contributed by atoms with Gasteiger partial charge in [0, 0.05) is 36.8 Å². The van der Waals surface area contributed by atoms with Gasteiger partial charge in [0.1, 0.15) is 5.84 Å².